The third-order valence-corrected chi connectivity index (χ3v) is 5.37. The van der Waals surface area contributed by atoms with Crippen molar-refractivity contribution in [1.82, 2.24) is 20.0 Å². The standard InChI is InChI=1S/C15H22N4O3.2C2HF3O2/c20-15(18-4-7-21-8-5-18)14-12-9-19(11-2-6-22-10-11)3-1-13(12)16-17-14;2*3-2(4,5)1(6)7/h11H,1-10H2,(H,16,17);2*(H,6,7). The first-order valence-corrected chi connectivity index (χ1v) is 10.6. The number of aromatic amines is 1. The van der Waals surface area contributed by atoms with Crippen LogP contribution in [-0.2, 0) is 32.0 Å². The van der Waals surface area contributed by atoms with Crippen LogP contribution in [0.3, 0.4) is 0 Å². The van der Waals surface area contributed by atoms with E-state index in [1.165, 1.54) is 0 Å². The summed E-state index contributed by atoms with van der Waals surface area (Å²) in [5.74, 6) is -5.48. The molecule has 4 rings (SSSR count). The maximum atomic E-state index is 12.7. The minimum absolute atomic E-state index is 0.0327. The number of aliphatic carboxylic acids is 2. The average molecular weight is 534 g/mol. The zero-order valence-corrected chi connectivity index (χ0v) is 18.7. The number of aromatic nitrogens is 2. The molecule has 0 aromatic carbocycles. The highest BCUT2D eigenvalue weighted by atomic mass is 19.4. The minimum Gasteiger partial charge on any atom is -0.475 e. The number of carbonyl (C=O) groups is 3. The summed E-state index contributed by atoms with van der Waals surface area (Å²) in [6, 6.07) is 0.481. The summed E-state index contributed by atoms with van der Waals surface area (Å²) in [4.78, 5) is 34.8. The van der Waals surface area contributed by atoms with Gasteiger partial charge < -0.3 is 24.6 Å². The van der Waals surface area contributed by atoms with Gasteiger partial charge in [-0.2, -0.15) is 31.4 Å². The van der Waals surface area contributed by atoms with Crippen molar-refractivity contribution in [1.29, 1.82) is 0 Å². The number of nitrogens with one attached hydrogen (secondary N) is 1. The van der Waals surface area contributed by atoms with Gasteiger partial charge in [0.25, 0.3) is 5.91 Å². The molecule has 17 heteroatoms. The first kappa shape index (κ1) is 29.3. The molecule has 1 unspecified atom stereocenters. The van der Waals surface area contributed by atoms with Gasteiger partial charge in [0.2, 0.25) is 0 Å². The van der Waals surface area contributed by atoms with Crippen LogP contribution in [0.4, 0.5) is 26.3 Å². The number of fused-ring (bicyclic) bond motifs is 1. The first-order chi connectivity index (χ1) is 16.7. The molecule has 1 amide bonds. The molecule has 0 aliphatic carbocycles. The number of alkyl halides is 6. The number of H-pyrrole nitrogens is 1. The van der Waals surface area contributed by atoms with Gasteiger partial charge in [-0.1, -0.05) is 0 Å². The van der Waals surface area contributed by atoms with Gasteiger partial charge in [0.1, 0.15) is 0 Å². The molecule has 1 aromatic rings. The highest BCUT2D eigenvalue weighted by Gasteiger charge is 2.39. The van der Waals surface area contributed by atoms with Crippen molar-refractivity contribution in [3.05, 3.63) is 17.0 Å². The zero-order valence-electron chi connectivity index (χ0n) is 18.7. The van der Waals surface area contributed by atoms with Crippen molar-refractivity contribution in [2.45, 2.75) is 37.8 Å². The van der Waals surface area contributed by atoms with E-state index in [2.05, 4.69) is 15.1 Å². The Balaban J connectivity index is 0.000000271. The minimum atomic E-state index is -5.08. The number of amides is 1. The molecule has 0 spiro atoms. The van der Waals surface area contributed by atoms with Crippen molar-refractivity contribution in [3.8, 4) is 0 Å². The lowest BCUT2D eigenvalue weighted by molar-refractivity contribution is -0.193. The Labute approximate surface area is 199 Å². The van der Waals surface area contributed by atoms with E-state index in [1.54, 1.807) is 0 Å². The van der Waals surface area contributed by atoms with Crippen molar-refractivity contribution >= 4 is 17.8 Å². The highest BCUT2D eigenvalue weighted by Crippen LogP contribution is 2.25. The fraction of sp³-hybridized carbons (Fsp3) is 0.684. The van der Waals surface area contributed by atoms with Crippen LogP contribution in [0.1, 0.15) is 28.2 Å². The van der Waals surface area contributed by atoms with Crippen molar-refractivity contribution in [3.63, 3.8) is 0 Å². The second kappa shape index (κ2) is 12.4. The summed E-state index contributed by atoms with van der Waals surface area (Å²) in [5, 5.41) is 21.6. The topological polar surface area (TPSA) is 145 Å². The molecule has 1 atom stereocenters. The third-order valence-electron chi connectivity index (χ3n) is 5.37. The van der Waals surface area contributed by atoms with Crippen molar-refractivity contribution in [2.75, 3.05) is 46.1 Å². The molecule has 0 bridgehead atoms. The lowest BCUT2D eigenvalue weighted by atomic mass is 10.0. The zero-order chi connectivity index (χ0) is 27.1. The predicted molar refractivity (Wildman–Crippen MR) is 106 cm³/mol. The molecule has 1 aromatic heterocycles. The summed E-state index contributed by atoms with van der Waals surface area (Å²) in [7, 11) is 0. The summed E-state index contributed by atoms with van der Waals surface area (Å²) >= 11 is 0. The number of halogens is 6. The van der Waals surface area contributed by atoms with Crippen LogP contribution in [0, 0.1) is 0 Å². The van der Waals surface area contributed by atoms with E-state index in [4.69, 9.17) is 29.3 Å². The van der Waals surface area contributed by atoms with E-state index >= 15 is 0 Å². The molecule has 4 heterocycles. The van der Waals surface area contributed by atoms with E-state index in [0.717, 1.165) is 50.4 Å². The summed E-state index contributed by atoms with van der Waals surface area (Å²) in [5.41, 5.74) is 2.79. The Kier molecular flexibility index (Phi) is 10.1. The van der Waals surface area contributed by atoms with E-state index in [0.29, 0.717) is 38.0 Å². The largest absolute Gasteiger partial charge is 0.490 e. The molecule has 0 saturated carbocycles. The molecule has 0 radical (unpaired) electrons. The smallest absolute Gasteiger partial charge is 0.475 e. The van der Waals surface area contributed by atoms with E-state index < -0.39 is 24.3 Å². The van der Waals surface area contributed by atoms with E-state index in [-0.39, 0.29) is 5.91 Å². The van der Waals surface area contributed by atoms with E-state index in [9.17, 15) is 31.1 Å². The Morgan fingerprint density at radius 1 is 0.917 bits per heavy atom. The van der Waals surface area contributed by atoms with Crippen LogP contribution in [-0.4, -0.2) is 113 Å². The predicted octanol–water partition coefficient (Wildman–Crippen LogP) is 1.30. The summed E-state index contributed by atoms with van der Waals surface area (Å²) < 4.78 is 74.3. The van der Waals surface area contributed by atoms with Crippen LogP contribution in [0.2, 0.25) is 0 Å². The molecule has 3 aliphatic heterocycles. The highest BCUT2D eigenvalue weighted by molar-refractivity contribution is 5.94. The number of hydrogen-bond acceptors (Lipinski definition) is 7. The molecule has 3 N–H and O–H groups in total. The number of ether oxygens (including phenoxy) is 2. The molecular formula is C19H24F6N4O7. The fourth-order valence-corrected chi connectivity index (χ4v) is 3.53. The number of carboxylic acids is 2. The Bertz CT molecular complexity index is 885. The number of morpholine rings is 1. The van der Waals surface area contributed by atoms with Crippen LogP contribution in [0.25, 0.3) is 0 Å². The Morgan fingerprint density at radius 2 is 1.47 bits per heavy atom. The Hall–Kier alpha value is -2.92. The molecular weight excluding hydrogens is 510 g/mol. The average Bonchev–Trinajstić information content (AvgIpc) is 3.48. The maximum absolute atomic E-state index is 12.7. The van der Waals surface area contributed by atoms with Crippen LogP contribution >= 0.6 is 0 Å². The van der Waals surface area contributed by atoms with E-state index in [1.807, 2.05) is 4.90 Å². The second-order valence-electron chi connectivity index (χ2n) is 7.78. The summed E-state index contributed by atoms with van der Waals surface area (Å²) in [6.07, 6.45) is -8.16. The lowest BCUT2D eigenvalue weighted by Gasteiger charge is -2.32. The maximum Gasteiger partial charge on any atom is 0.490 e. The molecule has 2 fully saturated rings. The molecule has 36 heavy (non-hydrogen) atoms. The number of rotatable bonds is 2. The molecule has 204 valence electrons. The van der Waals surface area contributed by atoms with Crippen molar-refractivity contribution < 1.29 is 60.4 Å². The number of nitrogens with zero attached hydrogens (tertiary/aromatic N) is 3. The Morgan fingerprint density at radius 3 is 1.94 bits per heavy atom. The lowest BCUT2D eigenvalue weighted by Crippen LogP contribution is -2.42. The van der Waals surface area contributed by atoms with Gasteiger partial charge in [-0.25, -0.2) is 9.59 Å². The summed E-state index contributed by atoms with van der Waals surface area (Å²) in [6.45, 7) is 5.99. The van der Waals surface area contributed by atoms with Gasteiger partial charge in [-0.05, 0) is 6.42 Å². The number of carbonyl (C=O) groups excluding carboxylic acids is 1. The van der Waals surface area contributed by atoms with Gasteiger partial charge in [0.15, 0.2) is 5.69 Å². The third kappa shape index (κ3) is 8.34. The second-order valence-corrected chi connectivity index (χ2v) is 7.78. The van der Waals surface area contributed by atoms with Gasteiger partial charge in [0, 0.05) is 56.5 Å². The van der Waals surface area contributed by atoms with Crippen LogP contribution in [0.15, 0.2) is 0 Å². The normalized spacial score (nSPS) is 20.4. The van der Waals surface area contributed by atoms with Crippen LogP contribution < -0.4 is 0 Å². The van der Waals surface area contributed by atoms with Gasteiger partial charge in [0.05, 0.1) is 19.8 Å². The molecule has 2 saturated heterocycles. The monoisotopic (exact) mass is 534 g/mol. The fourth-order valence-electron chi connectivity index (χ4n) is 3.53. The van der Waals surface area contributed by atoms with Gasteiger partial charge in [-0.15, -0.1) is 0 Å². The SMILES string of the molecule is O=C(O)C(F)(F)F.O=C(O)C(F)(F)F.O=C(c1n[nH]c2c1CN(C1CCOC1)CC2)N1CCOCC1. The van der Waals surface area contributed by atoms with Crippen molar-refractivity contribution in [2.24, 2.45) is 0 Å². The quantitative estimate of drug-likeness (QED) is 0.478. The number of hydrogen-bond donors (Lipinski definition) is 3. The number of carboxylic acid groups (broad SMARTS) is 2. The van der Waals surface area contributed by atoms with Crippen LogP contribution in [0.5, 0.6) is 0 Å². The molecule has 3 aliphatic rings. The van der Waals surface area contributed by atoms with Gasteiger partial charge >= 0.3 is 24.3 Å². The first-order valence-electron chi connectivity index (χ1n) is 10.6. The molecule has 11 nitrogen and oxygen atoms in total. The van der Waals surface area contributed by atoms with Gasteiger partial charge in [-0.3, -0.25) is 14.8 Å².